The van der Waals surface area contributed by atoms with Crippen molar-refractivity contribution in [3.63, 3.8) is 0 Å². The van der Waals surface area contributed by atoms with Gasteiger partial charge in [-0.05, 0) is 45.2 Å². The second-order valence-electron chi connectivity index (χ2n) is 11.2. The first-order valence-corrected chi connectivity index (χ1v) is 13.9. The van der Waals surface area contributed by atoms with Crippen molar-refractivity contribution in [2.24, 2.45) is 11.8 Å². The van der Waals surface area contributed by atoms with Gasteiger partial charge in [-0.1, -0.05) is 42.5 Å². The highest BCUT2D eigenvalue weighted by atomic mass is 16.6. The van der Waals surface area contributed by atoms with Crippen molar-refractivity contribution in [2.75, 3.05) is 24.6 Å². The number of aliphatic hydroxyl groups is 1. The van der Waals surface area contributed by atoms with Crippen LogP contribution in [0.1, 0.15) is 37.8 Å². The van der Waals surface area contributed by atoms with Crippen molar-refractivity contribution in [3.05, 3.63) is 53.6 Å². The Morgan fingerprint density at radius 1 is 1.12 bits per heavy atom. The van der Waals surface area contributed by atoms with E-state index in [1.165, 1.54) is 4.90 Å². The number of amides is 3. The fraction of sp³-hybridized carbons (Fsp3) is 0.533. The van der Waals surface area contributed by atoms with E-state index in [2.05, 4.69) is 5.32 Å². The average Bonchev–Trinajstić information content (AvgIpc) is 3.56. The summed E-state index contributed by atoms with van der Waals surface area (Å²) in [6, 6.07) is 3.97. The number of benzene rings is 1. The van der Waals surface area contributed by atoms with E-state index in [0.29, 0.717) is 6.42 Å². The smallest absolute Gasteiger partial charge is 0.313 e. The molecule has 2 N–H and O–H groups in total. The minimum atomic E-state index is -1.38. The number of para-hydroxylation sites is 1. The quantitative estimate of drug-likeness (QED) is 0.432. The third-order valence-electron chi connectivity index (χ3n) is 8.43. The predicted molar refractivity (Wildman–Crippen MR) is 146 cm³/mol. The number of aryl methyl sites for hydroxylation is 2. The minimum absolute atomic E-state index is 0.140. The van der Waals surface area contributed by atoms with Crippen LogP contribution in [0.15, 0.2) is 42.5 Å². The average molecular weight is 552 g/mol. The van der Waals surface area contributed by atoms with Crippen LogP contribution in [0.2, 0.25) is 0 Å². The van der Waals surface area contributed by atoms with Crippen LogP contribution in [0.5, 0.6) is 0 Å². The fourth-order valence-electron chi connectivity index (χ4n) is 6.57. The monoisotopic (exact) mass is 551 g/mol. The van der Waals surface area contributed by atoms with Crippen LogP contribution in [0.25, 0.3) is 0 Å². The van der Waals surface area contributed by atoms with Crippen molar-refractivity contribution < 1.29 is 33.8 Å². The molecular weight excluding hydrogens is 514 g/mol. The lowest BCUT2D eigenvalue weighted by Gasteiger charge is -2.38. The standard InChI is InChI=1S/C30H37N3O7/c1-17-9-8-10-18(2)25(17)32-14-7-5-6-11-22(35)31-15-20(4)39-29(38)23-21-12-13-30(40-21)24(23)27(36)33(19(3)16-34)26(30)28(32)37/h5,7-10,12-13,19-21,23-24,26,34H,6,11,14-16H2,1-4H3,(H,31,35)/b7-5-/t19-,20-,21+,23-,24-,26+,30-/m1/s1. The number of nitrogens with zero attached hydrogens (tertiary/aromatic N) is 2. The molecule has 4 aliphatic rings. The Bertz CT molecular complexity index is 1260. The molecule has 0 saturated carbocycles. The normalized spacial score (nSPS) is 34.1. The van der Waals surface area contributed by atoms with E-state index >= 15 is 0 Å². The largest absolute Gasteiger partial charge is 0.460 e. The summed E-state index contributed by atoms with van der Waals surface area (Å²) in [5.74, 6) is -3.51. The first-order chi connectivity index (χ1) is 19.1. The third kappa shape index (κ3) is 4.53. The molecule has 0 aromatic heterocycles. The molecule has 1 spiro atoms. The van der Waals surface area contributed by atoms with Crippen molar-refractivity contribution in [3.8, 4) is 0 Å². The summed E-state index contributed by atoms with van der Waals surface area (Å²) in [7, 11) is 0. The van der Waals surface area contributed by atoms with Crippen LogP contribution in [0.3, 0.4) is 0 Å². The molecule has 2 fully saturated rings. The number of carbonyl (C=O) groups is 4. The van der Waals surface area contributed by atoms with E-state index in [0.717, 1.165) is 16.8 Å². The lowest BCUT2D eigenvalue weighted by atomic mass is 9.74. The second-order valence-corrected chi connectivity index (χ2v) is 11.2. The number of cyclic esters (lactones) is 1. The number of esters is 1. The Hall–Kier alpha value is -3.50. The Kier molecular flexibility index (Phi) is 7.58. The van der Waals surface area contributed by atoms with Gasteiger partial charge in [-0.25, -0.2) is 0 Å². The zero-order valence-electron chi connectivity index (χ0n) is 23.3. The van der Waals surface area contributed by atoms with Gasteiger partial charge in [0.2, 0.25) is 11.8 Å². The number of carbonyl (C=O) groups excluding carboxylic acids is 4. The van der Waals surface area contributed by atoms with Crippen LogP contribution in [0.4, 0.5) is 5.69 Å². The van der Waals surface area contributed by atoms with Crippen LogP contribution >= 0.6 is 0 Å². The summed E-state index contributed by atoms with van der Waals surface area (Å²) in [5.41, 5.74) is 1.11. The van der Waals surface area contributed by atoms with E-state index in [4.69, 9.17) is 9.47 Å². The Labute approximate surface area is 234 Å². The molecule has 3 amide bonds. The summed E-state index contributed by atoms with van der Waals surface area (Å²) >= 11 is 0. The third-order valence-corrected chi connectivity index (χ3v) is 8.43. The number of rotatable bonds is 3. The molecule has 40 heavy (non-hydrogen) atoms. The number of anilines is 1. The van der Waals surface area contributed by atoms with Crippen molar-refractivity contribution in [2.45, 2.75) is 70.4 Å². The number of hydrogen-bond acceptors (Lipinski definition) is 7. The van der Waals surface area contributed by atoms with Gasteiger partial charge in [0, 0.05) is 18.7 Å². The van der Waals surface area contributed by atoms with Gasteiger partial charge >= 0.3 is 5.97 Å². The van der Waals surface area contributed by atoms with Crippen molar-refractivity contribution in [1.82, 2.24) is 10.2 Å². The number of aliphatic hydroxyl groups excluding tert-OH is 1. The molecule has 7 atom stereocenters. The van der Waals surface area contributed by atoms with Crippen LogP contribution in [-0.2, 0) is 28.7 Å². The maximum Gasteiger partial charge on any atom is 0.313 e. The first-order valence-electron chi connectivity index (χ1n) is 13.9. The molecule has 1 aromatic carbocycles. The summed E-state index contributed by atoms with van der Waals surface area (Å²) in [5, 5.41) is 12.9. The molecule has 5 rings (SSSR count). The Balaban J connectivity index is 1.64. The molecule has 5 bridgehead atoms. The van der Waals surface area contributed by atoms with Crippen LogP contribution in [0, 0.1) is 25.7 Å². The number of fused-ring (bicyclic) bond motifs is 2. The molecule has 4 heterocycles. The van der Waals surface area contributed by atoms with Gasteiger partial charge in [-0.15, -0.1) is 0 Å². The minimum Gasteiger partial charge on any atom is -0.460 e. The summed E-state index contributed by atoms with van der Waals surface area (Å²) in [6.07, 6.45) is 6.55. The van der Waals surface area contributed by atoms with Crippen LogP contribution in [-0.4, -0.2) is 83.3 Å². The SMILES string of the molecule is Cc1cccc(C)c1N1C/C=C\CCC(=O)NC[C@@H](C)OC(=O)[C@@H]2[C@@H]3C=C[C@]4(O3)[C@H](C1=O)N([C@H](C)CO)C(=O)[C@@H]24. The van der Waals surface area contributed by atoms with Gasteiger partial charge < -0.3 is 29.7 Å². The van der Waals surface area contributed by atoms with Crippen molar-refractivity contribution >= 4 is 29.4 Å². The number of likely N-dealkylation sites (tertiary alicyclic amines) is 1. The van der Waals surface area contributed by atoms with E-state index in [1.54, 1.807) is 30.9 Å². The second kappa shape index (κ2) is 10.8. The lowest BCUT2D eigenvalue weighted by molar-refractivity contribution is -0.158. The van der Waals surface area contributed by atoms with Gasteiger partial charge in [0.15, 0.2) is 0 Å². The number of hydrogen-bond donors (Lipinski definition) is 2. The Morgan fingerprint density at radius 2 is 1.85 bits per heavy atom. The molecule has 2 saturated heterocycles. The van der Waals surface area contributed by atoms with Gasteiger partial charge in [0.05, 0.1) is 31.2 Å². The van der Waals surface area contributed by atoms with Gasteiger partial charge in [-0.2, -0.15) is 0 Å². The topological polar surface area (TPSA) is 125 Å². The number of allylic oxidation sites excluding steroid dienone is 1. The molecule has 214 valence electrons. The number of nitrogens with one attached hydrogen (secondary N) is 1. The maximum absolute atomic E-state index is 14.7. The highest BCUT2D eigenvalue weighted by Gasteiger charge is 2.74. The molecule has 0 aliphatic carbocycles. The maximum atomic E-state index is 14.7. The van der Waals surface area contributed by atoms with E-state index in [1.807, 2.05) is 44.2 Å². The molecule has 1 aromatic rings. The predicted octanol–water partition coefficient (Wildman–Crippen LogP) is 1.57. The molecular formula is C30H37N3O7. The lowest BCUT2D eigenvalue weighted by Crippen LogP contribution is -2.58. The molecule has 4 aliphatic heterocycles. The first kappa shape index (κ1) is 28.0. The molecule has 0 radical (unpaired) electrons. The molecule has 10 heteroatoms. The Morgan fingerprint density at radius 3 is 2.55 bits per heavy atom. The highest BCUT2D eigenvalue weighted by molar-refractivity contribution is 6.06. The van der Waals surface area contributed by atoms with E-state index < -0.39 is 53.6 Å². The van der Waals surface area contributed by atoms with E-state index in [9.17, 15) is 24.3 Å². The zero-order chi connectivity index (χ0) is 28.8. The van der Waals surface area contributed by atoms with Gasteiger partial charge in [-0.3, -0.25) is 19.2 Å². The summed E-state index contributed by atoms with van der Waals surface area (Å²) in [4.78, 5) is 57.6. The summed E-state index contributed by atoms with van der Waals surface area (Å²) in [6.45, 7) is 7.19. The van der Waals surface area contributed by atoms with Gasteiger partial charge in [0.1, 0.15) is 23.7 Å². The van der Waals surface area contributed by atoms with Crippen LogP contribution < -0.4 is 10.2 Å². The molecule has 0 unspecified atom stereocenters. The van der Waals surface area contributed by atoms with E-state index in [-0.39, 0.29) is 37.9 Å². The molecule has 10 nitrogen and oxygen atoms in total. The zero-order valence-corrected chi connectivity index (χ0v) is 23.3. The van der Waals surface area contributed by atoms with Crippen molar-refractivity contribution in [1.29, 1.82) is 0 Å². The van der Waals surface area contributed by atoms with Gasteiger partial charge in [0.25, 0.3) is 5.91 Å². The highest BCUT2D eigenvalue weighted by Crippen LogP contribution is 2.56. The summed E-state index contributed by atoms with van der Waals surface area (Å²) < 4.78 is 12.1. The fourth-order valence-corrected chi connectivity index (χ4v) is 6.57. The number of ether oxygens (including phenoxy) is 2.